The van der Waals surface area contributed by atoms with Crippen LogP contribution in [0.2, 0.25) is 0 Å². The average Bonchev–Trinajstić information content (AvgIpc) is 2.15. The topological polar surface area (TPSA) is 49.7 Å². The lowest BCUT2D eigenvalue weighted by Gasteiger charge is -2.00. The first kappa shape index (κ1) is 8.87. The third-order valence-corrected chi connectivity index (χ3v) is 1.69. The normalized spacial score (nSPS) is 9.75. The summed E-state index contributed by atoms with van der Waals surface area (Å²) < 4.78 is 0. The lowest BCUT2D eigenvalue weighted by Crippen LogP contribution is -1.89. The fourth-order valence-corrected chi connectivity index (χ4v) is 1.08. The summed E-state index contributed by atoms with van der Waals surface area (Å²) in [6.07, 6.45) is 1.38. The van der Waals surface area contributed by atoms with E-state index in [4.69, 9.17) is 5.11 Å². The predicted octanol–water partition coefficient (Wildman–Crippen LogP) is 2.01. The van der Waals surface area contributed by atoms with Crippen LogP contribution in [0.5, 0.6) is 0 Å². The minimum Gasteiger partial charge on any atom is -0.396 e. The van der Waals surface area contributed by atoms with Gasteiger partial charge in [0.15, 0.2) is 0 Å². The van der Waals surface area contributed by atoms with Crippen molar-refractivity contribution in [2.24, 2.45) is 5.18 Å². The van der Waals surface area contributed by atoms with Crippen molar-refractivity contribution in [2.75, 3.05) is 6.61 Å². The number of aliphatic hydroxyl groups excluding tert-OH is 1. The number of aryl methyl sites for hydroxylation is 1. The molecule has 0 spiro atoms. The van der Waals surface area contributed by atoms with Crippen LogP contribution in [-0.2, 0) is 6.42 Å². The van der Waals surface area contributed by atoms with Gasteiger partial charge < -0.3 is 5.11 Å². The van der Waals surface area contributed by atoms with Crippen LogP contribution >= 0.6 is 0 Å². The molecule has 0 aliphatic rings. The summed E-state index contributed by atoms with van der Waals surface area (Å²) in [6.45, 7) is 0.146. The summed E-state index contributed by atoms with van der Waals surface area (Å²) in [5, 5.41) is 11.5. The van der Waals surface area contributed by atoms with E-state index in [0.29, 0.717) is 18.5 Å². The molecule has 0 aromatic heterocycles. The first-order valence-electron chi connectivity index (χ1n) is 3.90. The van der Waals surface area contributed by atoms with E-state index < -0.39 is 0 Å². The molecule has 0 saturated heterocycles. The van der Waals surface area contributed by atoms with Crippen molar-refractivity contribution in [3.05, 3.63) is 34.7 Å². The van der Waals surface area contributed by atoms with Gasteiger partial charge >= 0.3 is 0 Å². The van der Waals surface area contributed by atoms with Gasteiger partial charge in [0.05, 0.1) is 0 Å². The van der Waals surface area contributed by atoms with Crippen molar-refractivity contribution in [2.45, 2.75) is 12.8 Å². The highest BCUT2D eigenvalue weighted by Crippen LogP contribution is 2.19. The highest BCUT2D eigenvalue weighted by molar-refractivity contribution is 5.45. The van der Waals surface area contributed by atoms with Crippen molar-refractivity contribution in [3.8, 4) is 0 Å². The van der Waals surface area contributed by atoms with Gasteiger partial charge in [-0.2, -0.15) is 0 Å². The van der Waals surface area contributed by atoms with Crippen molar-refractivity contribution in [3.63, 3.8) is 0 Å². The Morgan fingerprint density at radius 2 is 2.08 bits per heavy atom. The maximum Gasteiger partial charge on any atom is 0.111 e. The van der Waals surface area contributed by atoms with Crippen molar-refractivity contribution in [1.29, 1.82) is 0 Å². The highest BCUT2D eigenvalue weighted by Gasteiger charge is 1.99. The second-order valence-corrected chi connectivity index (χ2v) is 2.55. The van der Waals surface area contributed by atoms with E-state index >= 15 is 0 Å². The fourth-order valence-electron chi connectivity index (χ4n) is 1.08. The van der Waals surface area contributed by atoms with E-state index in [1.54, 1.807) is 12.1 Å². The van der Waals surface area contributed by atoms with Gasteiger partial charge in [-0.15, -0.1) is 4.91 Å². The molecule has 1 aromatic rings. The summed E-state index contributed by atoms with van der Waals surface area (Å²) in [6, 6.07) is 7.17. The van der Waals surface area contributed by atoms with E-state index in [9.17, 15) is 4.91 Å². The fraction of sp³-hybridized carbons (Fsp3) is 0.333. The summed E-state index contributed by atoms with van der Waals surface area (Å²) in [7, 11) is 0. The molecule has 0 atom stereocenters. The quantitative estimate of drug-likeness (QED) is 0.694. The molecule has 12 heavy (non-hydrogen) atoms. The van der Waals surface area contributed by atoms with E-state index in [2.05, 4.69) is 5.18 Å². The zero-order valence-corrected chi connectivity index (χ0v) is 6.73. The SMILES string of the molecule is O=Nc1ccccc1CCCO. The molecule has 0 aliphatic carbocycles. The molecule has 0 fully saturated rings. The summed E-state index contributed by atoms with van der Waals surface area (Å²) in [5.41, 5.74) is 1.38. The monoisotopic (exact) mass is 165 g/mol. The Hall–Kier alpha value is -1.22. The molecule has 0 radical (unpaired) electrons. The average molecular weight is 165 g/mol. The number of hydrogen-bond donors (Lipinski definition) is 1. The second kappa shape index (κ2) is 4.62. The molecular formula is C9H11NO2. The Kier molecular flexibility index (Phi) is 3.41. The van der Waals surface area contributed by atoms with Crippen molar-refractivity contribution in [1.82, 2.24) is 0 Å². The van der Waals surface area contributed by atoms with Gasteiger partial charge in [-0.25, -0.2) is 0 Å². The van der Waals surface area contributed by atoms with Crippen LogP contribution in [0.25, 0.3) is 0 Å². The molecule has 0 bridgehead atoms. The minimum atomic E-state index is 0.146. The Labute approximate surface area is 71.0 Å². The van der Waals surface area contributed by atoms with Crippen LogP contribution in [0.15, 0.2) is 29.4 Å². The number of nitroso groups, excluding NO2 is 1. The maximum absolute atomic E-state index is 10.3. The van der Waals surface area contributed by atoms with E-state index in [1.807, 2.05) is 12.1 Å². The van der Waals surface area contributed by atoms with Crippen LogP contribution in [0, 0.1) is 4.91 Å². The maximum atomic E-state index is 10.3. The molecule has 0 aliphatic heterocycles. The first-order valence-corrected chi connectivity index (χ1v) is 3.90. The van der Waals surface area contributed by atoms with Gasteiger partial charge in [0.2, 0.25) is 0 Å². The standard InChI is InChI=1S/C9H11NO2/c11-7-3-5-8-4-1-2-6-9(8)10-12/h1-2,4,6,11H,3,5,7H2. The smallest absolute Gasteiger partial charge is 0.111 e. The molecule has 0 amide bonds. The molecule has 1 rings (SSSR count). The molecule has 1 N–H and O–H groups in total. The Bertz CT molecular complexity index is 260. The Balaban J connectivity index is 2.75. The van der Waals surface area contributed by atoms with Gasteiger partial charge in [-0.3, -0.25) is 0 Å². The minimum absolute atomic E-state index is 0.146. The third kappa shape index (κ3) is 2.13. The van der Waals surface area contributed by atoms with Crippen molar-refractivity contribution < 1.29 is 5.11 Å². The molecular weight excluding hydrogens is 154 g/mol. The zero-order chi connectivity index (χ0) is 8.81. The number of aliphatic hydroxyl groups is 1. The molecule has 3 nitrogen and oxygen atoms in total. The lowest BCUT2D eigenvalue weighted by molar-refractivity contribution is 0.288. The summed E-state index contributed by atoms with van der Waals surface area (Å²) in [4.78, 5) is 10.3. The van der Waals surface area contributed by atoms with Gasteiger partial charge in [-0.05, 0) is 29.6 Å². The largest absolute Gasteiger partial charge is 0.396 e. The van der Waals surface area contributed by atoms with Crippen LogP contribution in [0.4, 0.5) is 5.69 Å². The third-order valence-electron chi connectivity index (χ3n) is 1.69. The van der Waals surface area contributed by atoms with E-state index in [0.717, 1.165) is 5.56 Å². The second-order valence-electron chi connectivity index (χ2n) is 2.55. The van der Waals surface area contributed by atoms with Gasteiger partial charge in [0, 0.05) is 6.61 Å². The molecule has 0 unspecified atom stereocenters. The molecule has 0 heterocycles. The zero-order valence-electron chi connectivity index (χ0n) is 6.73. The number of benzene rings is 1. The number of rotatable bonds is 4. The van der Waals surface area contributed by atoms with Crippen LogP contribution in [0.1, 0.15) is 12.0 Å². The van der Waals surface area contributed by atoms with Crippen LogP contribution in [-0.4, -0.2) is 11.7 Å². The van der Waals surface area contributed by atoms with Gasteiger partial charge in [0.25, 0.3) is 0 Å². The van der Waals surface area contributed by atoms with E-state index in [-0.39, 0.29) is 6.61 Å². The van der Waals surface area contributed by atoms with Crippen LogP contribution < -0.4 is 0 Å². The first-order chi connectivity index (χ1) is 5.88. The number of nitrogens with zero attached hydrogens (tertiary/aromatic N) is 1. The van der Waals surface area contributed by atoms with Gasteiger partial charge in [0.1, 0.15) is 5.69 Å². The predicted molar refractivity (Wildman–Crippen MR) is 47.3 cm³/mol. The molecule has 0 saturated carbocycles. The Morgan fingerprint density at radius 3 is 2.75 bits per heavy atom. The molecule has 1 aromatic carbocycles. The summed E-state index contributed by atoms with van der Waals surface area (Å²) in [5.74, 6) is 0. The van der Waals surface area contributed by atoms with Gasteiger partial charge in [-0.1, -0.05) is 18.2 Å². The summed E-state index contributed by atoms with van der Waals surface area (Å²) >= 11 is 0. The lowest BCUT2D eigenvalue weighted by atomic mass is 10.1. The van der Waals surface area contributed by atoms with Crippen molar-refractivity contribution >= 4 is 5.69 Å². The van der Waals surface area contributed by atoms with Crippen LogP contribution in [0.3, 0.4) is 0 Å². The highest BCUT2D eigenvalue weighted by atomic mass is 16.3. The molecule has 64 valence electrons. The molecule has 3 heteroatoms. The van der Waals surface area contributed by atoms with E-state index in [1.165, 1.54) is 0 Å². The Morgan fingerprint density at radius 1 is 1.33 bits per heavy atom. The number of hydrogen-bond acceptors (Lipinski definition) is 3.